The van der Waals surface area contributed by atoms with Crippen molar-refractivity contribution in [3.05, 3.63) is 34.9 Å². The molecule has 1 aliphatic heterocycles. The molecule has 1 atom stereocenters. The fourth-order valence-electron chi connectivity index (χ4n) is 3.18. The second-order valence-corrected chi connectivity index (χ2v) is 5.74. The maximum absolute atomic E-state index is 12.6. The molecule has 1 unspecified atom stereocenters. The minimum absolute atomic E-state index is 0. The van der Waals surface area contributed by atoms with Crippen molar-refractivity contribution >= 4 is 18.3 Å². The van der Waals surface area contributed by atoms with Crippen LogP contribution in [0.3, 0.4) is 0 Å². The van der Waals surface area contributed by atoms with E-state index in [1.54, 1.807) is 0 Å². The van der Waals surface area contributed by atoms with E-state index in [0.717, 1.165) is 31.6 Å². The lowest BCUT2D eigenvalue weighted by Crippen LogP contribution is -2.52. The van der Waals surface area contributed by atoms with E-state index in [4.69, 9.17) is 0 Å². The second-order valence-electron chi connectivity index (χ2n) is 5.74. The number of fused-ring (bicyclic) bond motifs is 1. The Labute approximate surface area is 127 Å². The summed E-state index contributed by atoms with van der Waals surface area (Å²) in [7, 11) is 0. The highest BCUT2D eigenvalue weighted by atomic mass is 35.5. The molecule has 1 aliphatic carbocycles. The summed E-state index contributed by atoms with van der Waals surface area (Å²) in [5.74, 6) is 0.197. The van der Waals surface area contributed by atoms with E-state index in [0.29, 0.717) is 0 Å². The van der Waals surface area contributed by atoms with E-state index in [1.165, 1.54) is 30.4 Å². The van der Waals surface area contributed by atoms with Crippen LogP contribution in [0.2, 0.25) is 0 Å². The molecule has 0 bridgehead atoms. The van der Waals surface area contributed by atoms with E-state index in [1.807, 2.05) is 11.0 Å². The standard InChI is InChI=1S/C16H22N2O.ClH/c1-12-11-17-8-9-18(12)16(19)15-7-6-13-4-2-3-5-14(13)10-15;/h6-7,10,12,17H,2-5,8-9,11H2,1H3;1H. The molecule has 110 valence electrons. The Bertz CT molecular complexity index is 489. The Hall–Kier alpha value is -1.06. The minimum atomic E-state index is 0. The van der Waals surface area contributed by atoms with E-state index < -0.39 is 0 Å². The van der Waals surface area contributed by atoms with Crippen LogP contribution in [-0.4, -0.2) is 36.5 Å². The highest BCUT2D eigenvalue weighted by molar-refractivity contribution is 5.94. The maximum atomic E-state index is 12.6. The molecule has 1 saturated heterocycles. The predicted molar refractivity (Wildman–Crippen MR) is 83.7 cm³/mol. The number of halogens is 1. The third-order valence-electron chi connectivity index (χ3n) is 4.36. The van der Waals surface area contributed by atoms with Crippen molar-refractivity contribution in [3.63, 3.8) is 0 Å². The van der Waals surface area contributed by atoms with Crippen molar-refractivity contribution in [1.82, 2.24) is 10.2 Å². The first-order chi connectivity index (χ1) is 9.25. The van der Waals surface area contributed by atoms with E-state index >= 15 is 0 Å². The Morgan fingerprint density at radius 3 is 2.75 bits per heavy atom. The highest BCUT2D eigenvalue weighted by Gasteiger charge is 2.24. The van der Waals surface area contributed by atoms with Crippen LogP contribution in [0.25, 0.3) is 0 Å². The van der Waals surface area contributed by atoms with Gasteiger partial charge in [0.2, 0.25) is 0 Å². The molecule has 1 aromatic rings. The Morgan fingerprint density at radius 2 is 2.00 bits per heavy atom. The average molecular weight is 295 g/mol. The second kappa shape index (κ2) is 6.59. The number of benzene rings is 1. The lowest BCUT2D eigenvalue weighted by molar-refractivity contribution is 0.0655. The predicted octanol–water partition coefficient (Wildman–Crippen LogP) is 2.42. The number of carbonyl (C=O) groups is 1. The van der Waals surface area contributed by atoms with Crippen LogP contribution in [0.5, 0.6) is 0 Å². The molecule has 1 aromatic carbocycles. The van der Waals surface area contributed by atoms with E-state index in [9.17, 15) is 4.79 Å². The monoisotopic (exact) mass is 294 g/mol. The summed E-state index contributed by atoms with van der Waals surface area (Å²) in [4.78, 5) is 14.6. The topological polar surface area (TPSA) is 32.3 Å². The smallest absolute Gasteiger partial charge is 0.254 e. The number of carbonyl (C=O) groups excluding carboxylic acids is 1. The van der Waals surface area contributed by atoms with Gasteiger partial charge in [0, 0.05) is 31.2 Å². The van der Waals surface area contributed by atoms with Gasteiger partial charge in [0.15, 0.2) is 0 Å². The minimum Gasteiger partial charge on any atom is -0.333 e. The van der Waals surface area contributed by atoms with Crippen molar-refractivity contribution in [2.24, 2.45) is 0 Å². The number of piperazine rings is 1. The fraction of sp³-hybridized carbons (Fsp3) is 0.562. The summed E-state index contributed by atoms with van der Waals surface area (Å²) >= 11 is 0. The van der Waals surface area contributed by atoms with Crippen LogP contribution in [0, 0.1) is 0 Å². The van der Waals surface area contributed by atoms with Crippen LogP contribution in [0.4, 0.5) is 0 Å². The first-order valence-electron chi connectivity index (χ1n) is 7.39. The van der Waals surface area contributed by atoms with Crippen LogP contribution in [0.15, 0.2) is 18.2 Å². The van der Waals surface area contributed by atoms with E-state index in [-0.39, 0.29) is 24.4 Å². The number of nitrogens with zero attached hydrogens (tertiary/aromatic N) is 1. The van der Waals surface area contributed by atoms with Crippen LogP contribution in [0.1, 0.15) is 41.3 Å². The van der Waals surface area contributed by atoms with Crippen molar-refractivity contribution in [1.29, 1.82) is 0 Å². The third kappa shape index (κ3) is 2.99. The molecule has 4 heteroatoms. The number of amides is 1. The van der Waals surface area contributed by atoms with Crippen molar-refractivity contribution in [2.45, 2.75) is 38.6 Å². The molecule has 2 aliphatic rings. The van der Waals surface area contributed by atoms with Crippen molar-refractivity contribution in [2.75, 3.05) is 19.6 Å². The molecular weight excluding hydrogens is 272 g/mol. The zero-order chi connectivity index (χ0) is 13.2. The van der Waals surface area contributed by atoms with Crippen molar-refractivity contribution in [3.8, 4) is 0 Å². The molecule has 3 rings (SSSR count). The zero-order valence-electron chi connectivity index (χ0n) is 12.0. The molecule has 0 spiro atoms. The molecule has 1 fully saturated rings. The summed E-state index contributed by atoms with van der Waals surface area (Å²) < 4.78 is 0. The van der Waals surface area contributed by atoms with Gasteiger partial charge in [-0.1, -0.05) is 6.07 Å². The van der Waals surface area contributed by atoms with Crippen LogP contribution >= 0.6 is 12.4 Å². The summed E-state index contributed by atoms with van der Waals surface area (Å²) in [5, 5.41) is 3.33. The maximum Gasteiger partial charge on any atom is 0.254 e. The first-order valence-corrected chi connectivity index (χ1v) is 7.39. The summed E-state index contributed by atoms with van der Waals surface area (Å²) in [6.07, 6.45) is 4.85. The molecule has 20 heavy (non-hydrogen) atoms. The van der Waals surface area contributed by atoms with E-state index in [2.05, 4.69) is 24.4 Å². The SMILES string of the molecule is CC1CNCCN1C(=O)c1ccc2c(c1)CCCC2.Cl. The van der Waals surface area contributed by atoms with Crippen LogP contribution < -0.4 is 5.32 Å². The van der Waals surface area contributed by atoms with Gasteiger partial charge >= 0.3 is 0 Å². The number of hydrogen-bond acceptors (Lipinski definition) is 2. The molecule has 1 amide bonds. The Kier molecular flexibility index (Phi) is 5.06. The molecule has 0 radical (unpaired) electrons. The molecule has 0 aromatic heterocycles. The molecule has 0 saturated carbocycles. The van der Waals surface area contributed by atoms with Gasteiger partial charge in [-0.3, -0.25) is 4.79 Å². The number of nitrogens with one attached hydrogen (secondary N) is 1. The number of aryl methyl sites for hydroxylation is 2. The summed E-state index contributed by atoms with van der Waals surface area (Å²) in [5.41, 5.74) is 3.70. The summed E-state index contributed by atoms with van der Waals surface area (Å²) in [6, 6.07) is 6.60. The van der Waals surface area contributed by atoms with Gasteiger partial charge in [-0.05, 0) is 55.9 Å². The van der Waals surface area contributed by atoms with Gasteiger partial charge in [0.05, 0.1) is 0 Å². The third-order valence-corrected chi connectivity index (χ3v) is 4.36. The first kappa shape index (κ1) is 15.3. The fourth-order valence-corrected chi connectivity index (χ4v) is 3.18. The molecule has 3 nitrogen and oxygen atoms in total. The lowest BCUT2D eigenvalue weighted by atomic mass is 9.90. The quantitative estimate of drug-likeness (QED) is 0.863. The molecule has 1 heterocycles. The Balaban J connectivity index is 0.00000147. The van der Waals surface area contributed by atoms with Crippen molar-refractivity contribution < 1.29 is 4.79 Å². The average Bonchev–Trinajstić information content (AvgIpc) is 2.46. The van der Waals surface area contributed by atoms with Gasteiger partial charge in [-0.2, -0.15) is 0 Å². The largest absolute Gasteiger partial charge is 0.333 e. The highest BCUT2D eigenvalue weighted by Crippen LogP contribution is 2.23. The Morgan fingerprint density at radius 1 is 1.25 bits per heavy atom. The summed E-state index contributed by atoms with van der Waals surface area (Å²) in [6.45, 7) is 4.73. The van der Waals surface area contributed by atoms with Gasteiger partial charge in [-0.15, -0.1) is 12.4 Å². The van der Waals surface area contributed by atoms with Crippen LogP contribution in [-0.2, 0) is 12.8 Å². The molecule has 1 N–H and O–H groups in total. The number of rotatable bonds is 1. The lowest BCUT2D eigenvalue weighted by Gasteiger charge is -2.34. The van der Waals surface area contributed by atoms with Gasteiger partial charge in [0.1, 0.15) is 0 Å². The normalized spacial score (nSPS) is 21.9. The number of hydrogen-bond donors (Lipinski definition) is 1. The van der Waals surface area contributed by atoms with Gasteiger partial charge < -0.3 is 10.2 Å². The van der Waals surface area contributed by atoms with Gasteiger partial charge in [0.25, 0.3) is 5.91 Å². The van der Waals surface area contributed by atoms with Gasteiger partial charge in [-0.25, -0.2) is 0 Å². The zero-order valence-corrected chi connectivity index (χ0v) is 12.8. The molecular formula is C16H23ClN2O.